The molecule has 0 aliphatic heterocycles. The lowest BCUT2D eigenvalue weighted by Crippen LogP contribution is -2.22. The molecule has 140 valence electrons. The highest BCUT2D eigenvalue weighted by atomic mass is 79.9. The minimum Gasteiger partial charge on any atom is -0.299 e. The topological polar surface area (TPSA) is 26.0 Å². The van der Waals surface area contributed by atoms with Gasteiger partial charge in [-0.15, -0.1) is 0 Å². The van der Waals surface area contributed by atoms with Crippen molar-refractivity contribution in [1.29, 1.82) is 0 Å². The molecule has 1 heterocycles. The highest BCUT2D eigenvalue weighted by Gasteiger charge is 2.30. The van der Waals surface area contributed by atoms with E-state index < -0.39 is 0 Å². The van der Waals surface area contributed by atoms with Gasteiger partial charge in [-0.25, -0.2) is 4.68 Å². The zero-order valence-corrected chi connectivity index (χ0v) is 17.8. The number of halogens is 1. The normalized spacial score (nSPS) is 14.0. The molecule has 1 aliphatic carbocycles. The lowest BCUT2D eigenvalue weighted by molar-refractivity contribution is 0.243. The van der Waals surface area contributed by atoms with Crippen molar-refractivity contribution >= 4 is 28.1 Å². The van der Waals surface area contributed by atoms with Gasteiger partial charge in [0.25, 0.3) is 0 Å². The van der Waals surface area contributed by atoms with E-state index in [9.17, 15) is 0 Å². The molecule has 1 aromatic heterocycles. The van der Waals surface area contributed by atoms with E-state index in [2.05, 4.69) is 81.0 Å². The van der Waals surface area contributed by atoms with Crippen molar-refractivity contribution in [2.45, 2.75) is 38.5 Å². The van der Waals surface area contributed by atoms with Crippen molar-refractivity contribution in [3.8, 4) is 0 Å². The number of hydrogen-bond acceptors (Lipinski definition) is 3. The summed E-state index contributed by atoms with van der Waals surface area (Å²) in [6.45, 7) is 2.34. The maximum Gasteiger partial charge on any atom is 0.199 e. The predicted molar refractivity (Wildman–Crippen MR) is 114 cm³/mol. The zero-order chi connectivity index (χ0) is 18.8. The van der Waals surface area contributed by atoms with Crippen LogP contribution in [0.15, 0.2) is 59.1 Å². The highest BCUT2D eigenvalue weighted by Crippen LogP contribution is 2.39. The van der Waals surface area contributed by atoms with E-state index in [0.29, 0.717) is 12.6 Å². The van der Waals surface area contributed by atoms with Crippen LogP contribution in [-0.2, 0) is 19.8 Å². The van der Waals surface area contributed by atoms with Crippen molar-refractivity contribution in [3.63, 3.8) is 0 Å². The van der Waals surface area contributed by atoms with Gasteiger partial charge in [-0.05, 0) is 55.4 Å². The maximum atomic E-state index is 5.79. The smallest absolute Gasteiger partial charge is 0.199 e. The van der Waals surface area contributed by atoms with Gasteiger partial charge in [-0.3, -0.25) is 9.47 Å². The molecule has 0 amide bonds. The molecular weight excluding hydrogens is 420 g/mol. The van der Waals surface area contributed by atoms with Gasteiger partial charge in [-0.1, -0.05) is 58.4 Å². The summed E-state index contributed by atoms with van der Waals surface area (Å²) in [6.07, 6.45) is 2.44. The molecular formula is C21H23BrN4S. The van der Waals surface area contributed by atoms with Crippen molar-refractivity contribution in [2.24, 2.45) is 0 Å². The van der Waals surface area contributed by atoms with Gasteiger partial charge in [0.05, 0.1) is 13.2 Å². The van der Waals surface area contributed by atoms with Gasteiger partial charge < -0.3 is 0 Å². The Hall–Kier alpha value is -1.76. The SMILES string of the molecule is CN(Cc1ccc(Br)cc1)Cn1nc(C2CC2)n(Cc2ccccc2)c1=S. The van der Waals surface area contributed by atoms with Gasteiger partial charge >= 0.3 is 0 Å². The second-order valence-corrected chi connectivity index (χ2v) is 8.55. The average molecular weight is 443 g/mol. The third-order valence-corrected chi connectivity index (χ3v) is 5.78. The largest absolute Gasteiger partial charge is 0.299 e. The lowest BCUT2D eigenvalue weighted by Gasteiger charge is -2.16. The van der Waals surface area contributed by atoms with Crippen LogP contribution in [0, 0.1) is 4.77 Å². The third kappa shape index (κ3) is 4.57. The van der Waals surface area contributed by atoms with Crippen molar-refractivity contribution < 1.29 is 0 Å². The lowest BCUT2D eigenvalue weighted by atomic mass is 10.2. The van der Waals surface area contributed by atoms with E-state index in [-0.39, 0.29) is 0 Å². The van der Waals surface area contributed by atoms with Crippen LogP contribution in [0.25, 0.3) is 0 Å². The quantitative estimate of drug-likeness (QED) is 0.470. The molecule has 1 saturated carbocycles. The van der Waals surface area contributed by atoms with Gasteiger partial charge in [0, 0.05) is 16.9 Å². The Labute approximate surface area is 173 Å². The molecule has 3 aromatic rings. The number of hydrogen-bond donors (Lipinski definition) is 0. The van der Waals surface area contributed by atoms with Crippen molar-refractivity contribution in [1.82, 2.24) is 19.2 Å². The minimum atomic E-state index is 0.563. The third-order valence-electron chi connectivity index (χ3n) is 4.82. The first-order valence-corrected chi connectivity index (χ1v) is 10.4. The molecule has 0 N–H and O–H groups in total. The standard InChI is InChI=1S/C21H23BrN4S/c1-24(13-17-7-11-19(22)12-8-17)15-26-21(27)25(20(23-26)18-9-10-18)14-16-5-3-2-4-6-16/h2-8,11-12,18H,9-10,13-15H2,1H3. The molecule has 0 spiro atoms. The number of benzene rings is 2. The Morgan fingerprint density at radius 3 is 2.44 bits per heavy atom. The fraction of sp³-hybridized carbons (Fsp3) is 0.333. The van der Waals surface area contributed by atoms with Crippen LogP contribution in [0.5, 0.6) is 0 Å². The number of aromatic nitrogens is 3. The van der Waals surface area contributed by atoms with Gasteiger partial charge in [0.1, 0.15) is 5.82 Å². The van der Waals surface area contributed by atoms with E-state index in [1.807, 2.05) is 10.7 Å². The molecule has 0 radical (unpaired) electrons. The van der Waals surface area contributed by atoms with Crippen LogP contribution in [0.4, 0.5) is 0 Å². The summed E-state index contributed by atoms with van der Waals surface area (Å²) in [6, 6.07) is 18.9. The Balaban J connectivity index is 1.53. The van der Waals surface area contributed by atoms with E-state index in [1.165, 1.54) is 24.0 Å². The summed E-state index contributed by atoms with van der Waals surface area (Å²) in [4.78, 5) is 2.25. The second kappa shape index (κ2) is 8.09. The minimum absolute atomic E-state index is 0.563. The van der Waals surface area contributed by atoms with Crippen molar-refractivity contribution in [3.05, 3.63) is 80.8 Å². The summed E-state index contributed by atoms with van der Waals surface area (Å²) < 4.78 is 6.11. The first kappa shape index (κ1) is 18.6. The summed E-state index contributed by atoms with van der Waals surface area (Å²) in [5.41, 5.74) is 2.54. The summed E-state index contributed by atoms with van der Waals surface area (Å²) >= 11 is 9.28. The van der Waals surface area contributed by atoms with Crippen LogP contribution in [0.2, 0.25) is 0 Å². The molecule has 27 heavy (non-hydrogen) atoms. The molecule has 2 aromatic carbocycles. The Morgan fingerprint density at radius 2 is 1.78 bits per heavy atom. The molecule has 0 saturated heterocycles. The van der Waals surface area contributed by atoms with E-state index in [0.717, 1.165) is 28.2 Å². The van der Waals surface area contributed by atoms with Gasteiger partial charge in [0.2, 0.25) is 0 Å². The van der Waals surface area contributed by atoms with Gasteiger partial charge in [0.15, 0.2) is 4.77 Å². The van der Waals surface area contributed by atoms with Crippen LogP contribution in [0.1, 0.15) is 35.7 Å². The Kier molecular flexibility index (Phi) is 5.57. The second-order valence-electron chi connectivity index (χ2n) is 7.27. The molecule has 1 aliphatic rings. The average Bonchev–Trinajstić information content (AvgIpc) is 3.46. The molecule has 4 rings (SSSR count). The van der Waals surface area contributed by atoms with E-state index in [1.54, 1.807) is 0 Å². The maximum absolute atomic E-state index is 5.79. The van der Waals surface area contributed by atoms with Crippen molar-refractivity contribution in [2.75, 3.05) is 7.05 Å². The zero-order valence-electron chi connectivity index (χ0n) is 15.4. The van der Waals surface area contributed by atoms with Crippen LogP contribution >= 0.6 is 28.1 Å². The molecule has 4 nitrogen and oxygen atoms in total. The first-order valence-electron chi connectivity index (χ1n) is 9.24. The highest BCUT2D eigenvalue weighted by molar-refractivity contribution is 9.10. The Bertz CT molecular complexity index is 958. The van der Waals surface area contributed by atoms with E-state index in [4.69, 9.17) is 17.3 Å². The van der Waals surface area contributed by atoms with Gasteiger partial charge in [-0.2, -0.15) is 5.10 Å². The fourth-order valence-electron chi connectivity index (χ4n) is 3.29. The summed E-state index contributed by atoms with van der Waals surface area (Å²) in [5.74, 6) is 1.70. The van der Waals surface area contributed by atoms with E-state index >= 15 is 0 Å². The first-order chi connectivity index (χ1) is 13.1. The summed E-state index contributed by atoms with van der Waals surface area (Å²) in [5, 5.41) is 4.89. The molecule has 6 heteroatoms. The van der Waals surface area contributed by atoms with Crippen LogP contribution in [0.3, 0.4) is 0 Å². The molecule has 0 bridgehead atoms. The molecule has 0 unspecified atom stereocenters. The monoisotopic (exact) mass is 442 g/mol. The molecule has 1 fully saturated rings. The fourth-order valence-corrected chi connectivity index (χ4v) is 3.81. The summed E-state index contributed by atoms with van der Waals surface area (Å²) in [7, 11) is 2.11. The molecule has 0 atom stereocenters. The Morgan fingerprint density at radius 1 is 1.07 bits per heavy atom. The van der Waals surface area contributed by atoms with Crippen LogP contribution < -0.4 is 0 Å². The predicted octanol–water partition coefficient (Wildman–Crippen LogP) is 5.19. The number of rotatable bonds is 7. The number of nitrogens with zero attached hydrogens (tertiary/aromatic N) is 4. The van der Waals surface area contributed by atoms with Crippen LogP contribution in [-0.4, -0.2) is 26.3 Å².